The smallest absolute Gasteiger partial charge is 0.399 e. The minimum atomic E-state index is -0.392. The van der Waals surface area contributed by atoms with Crippen LogP contribution in [-0.4, -0.2) is 36.6 Å². The van der Waals surface area contributed by atoms with Gasteiger partial charge in [0.25, 0.3) is 0 Å². The van der Waals surface area contributed by atoms with E-state index in [0.29, 0.717) is 0 Å². The van der Waals surface area contributed by atoms with Crippen LogP contribution in [0.2, 0.25) is 0 Å². The number of hydrogen-bond acceptors (Lipinski definition) is 5. The summed E-state index contributed by atoms with van der Waals surface area (Å²) in [4.78, 5) is 2.31. The van der Waals surface area contributed by atoms with Crippen molar-refractivity contribution in [3.63, 3.8) is 0 Å². The predicted molar refractivity (Wildman–Crippen MR) is 208 cm³/mol. The summed E-state index contributed by atoms with van der Waals surface area (Å²) >= 11 is 0. The van der Waals surface area contributed by atoms with Gasteiger partial charge in [0.2, 0.25) is 0 Å². The monoisotopic (exact) mass is 665 g/mol. The molecule has 2 saturated heterocycles. The summed E-state index contributed by atoms with van der Waals surface area (Å²) in [6.07, 6.45) is 14.7. The Morgan fingerprint density at radius 2 is 0.735 bits per heavy atom. The Morgan fingerprint density at radius 3 is 1.08 bits per heavy atom. The second kappa shape index (κ2) is 15.8. The third kappa shape index (κ3) is 9.03. The zero-order valence-corrected chi connectivity index (χ0v) is 31.9. The maximum atomic E-state index is 6.34. The molecule has 0 radical (unpaired) electrons. The molecule has 0 aromatic heterocycles. The van der Waals surface area contributed by atoms with Crippen molar-refractivity contribution in [2.75, 3.05) is 4.90 Å². The van der Waals surface area contributed by atoms with E-state index in [1.54, 1.807) is 0 Å². The van der Waals surface area contributed by atoms with Crippen LogP contribution < -0.4 is 15.8 Å². The van der Waals surface area contributed by atoms with Crippen LogP contribution in [0.5, 0.6) is 0 Å². The van der Waals surface area contributed by atoms with Gasteiger partial charge in [0.15, 0.2) is 0 Å². The average Bonchev–Trinajstić information content (AvgIpc) is 3.42. The van der Waals surface area contributed by atoms with Crippen LogP contribution in [0.1, 0.15) is 132 Å². The Kier molecular flexibility index (Phi) is 12.1. The summed E-state index contributed by atoms with van der Waals surface area (Å²) in [5.41, 5.74) is 5.20. The first-order valence-corrected chi connectivity index (χ1v) is 19.0. The molecule has 0 amide bonds. The molecule has 3 aromatic rings. The number of benzene rings is 3. The topological polar surface area (TPSA) is 40.2 Å². The van der Waals surface area contributed by atoms with Gasteiger partial charge in [-0.25, -0.2) is 0 Å². The highest BCUT2D eigenvalue weighted by Crippen LogP contribution is 2.39. The van der Waals surface area contributed by atoms with Crippen LogP contribution in [-0.2, 0) is 25.0 Å². The molecule has 0 saturated carbocycles. The molecule has 0 bridgehead atoms. The molecule has 2 aliphatic heterocycles. The van der Waals surface area contributed by atoms with Gasteiger partial charge in [0.05, 0.1) is 22.4 Å². The van der Waals surface area contributed by atoms with Crippen molar-refractivity contribution in [1.82, 2.24) is 0 Å². The lowest BCUT2D eigenvalue weighted by Gasteiger charge is -2.32. The third-order valence-corrected chi connectivity index (χ3v) is 11.4. The van der Waals surface area contributed by atoms with Crippen LogP contribution in [0, 0.1) is 0 Å². The summed E-state index contributed by atoms with van der Waals surface area (Å²) in [5, 5.41) is 0. The molecule has 264 valence electrons. The van der Waals surface area contributed by atoms with Crippen molar-refractivity contribution in [2.24, 2.45) is 0 Å². The molecule has 0 N–H and O–H groups in total. The van der Waals surface area contributed by atoms with Gasteiger partial charge in [-0.15, -0.1) is 0 Å². The van der Waals surface area contributed by atoms with E-state index in [2.05, 4.69) is 140 Å². The fraction of sp³-hybridized carbons (Fsp3) is 0.571. The van der Waals surface area contributed by atoms with Gasteiger partial charge in [-0.3, -0.25) is 0 Å². The lowest BCUT2D eigenvalue weighted by Crippen LogP contribution is -2.41. The predicted octanol–water partition coefficient (Wildman–Crippen LogP) is 10.2. The summed E-state index contributed by atoms with van der Waals surface area (Å²) in [5.74, 6) is 0. The maximum absolute atomic E-state index is 6.34. The van der Waals surface area contributed by atoms with Gasteiger partial charge >= 0.3 is 14.2 Å². The average molecular weight is 666 g/mol. The molecule has 7 heteroatoms. The number of aryl methyl sites for hydroxylation is 1. The molecule has 5 rings (SSSR count). The Morgan fingerprint density at radius 1 is 0.429 bits per heavy atom. The first-order valence-electron chi connectivity index (χ1n) is 19.0. The van der Waals surface area contributed by atoms with E-state index in [9.17, 15) is 0 Å². The Labute approximate surface area is 298 Å². The van der Waals surface area contributed by atoms with Crippen molar-refractivity contribution in [3.05, 3.63) is 78.4 Å². The van der Waals surface area contributed by atoms with Gasteiger partial charge < -0.3 is 23.5 Å². The van der Waals surface area contributed by atoms with Crippen LogP contribution in [0.4, 0.5) is 17.1 Å². The van der Waals surface area contributed by atoms with Crippen molar-refractivity contribution in [1.29, 1.82) is 0 Å². The normalized spacial score (nSPS) is 19.0. The van der Waals surface area contributed by atoms with Crippen LogP contribution in [0.15, 0.2) is 72.8 Å². The highest BCUT2D eigenvalue weighted by molar-refractivity contribution is 6.62. The highest BCUT2D eigenvalue weighted by atomic mass is 16.7. The summed E-state index contributed by atoms with van der Waals surface area (Å²) in [6.45, 7) is 19.0. The van der Waals surface area contributed by atoms with Crippen LogP contribution in [0.25, 0.3) is 0 Å². The van der Waals surface area contributed by atoms with Gasteiger partial charge in [0.1, 0.15) is 0 Å². The van der Waals surface area contributed by atoms with E-state index in [-0.39, 0.29) is 22.4 Å². The maximum Gasteiger partial charge on any atom is 0.494 e. The summed E-state index contributed by atoms with van der Waals surface area (Å²) < 4.78 is 25.4. The quantitative estimate of drug-likeness (QED) is 0.113. The van der Waals surface area contributed by atoms with E-state index in [1.165, 1.54) is 69.8 Å². The molecule has 2 aliphatic rings. The lowest BCUT2D eigenvalue weighted by molar-refractivity contribution is 0.00578. The minimum Gasteiger partial charge on any atom is -0.399 e. The Hall–Kier alpha value is -2.57. The summed E-state index contributed by atoms with van der Waals surface area (Å²) in [7, 11) is -0.784. The molecule has 0 aliphatic carbocycles. The second-order valence-corrected chi connectivity index (χ2v) is 16.3. The lowest BCUT2D eigenvalue weighted by atomic mass is 9.79. The van der Waals surface area contributed by atoms with Gasteiger partial charge in [-0.2, -0.15) is 0 Å². The van der Waals surface area contributed by atoms with E-state index in [1.807, 2.05) is 0 Å². The Bertz CT molecular complexity index is 1360. The number of hydrogen-bond donors (Lipinski definition) is 0. The minimum absolute atomic E-state index is 0.378. The number of nitrogens with zero attached hydrogens (tertiary/aromatic N) is 1. The van der Waals surface area contributed by atoms with Gasteiger partial charge in [0, 0.05) is 17.1 Å². The van der Waals surface area contributed by atoms with Gasteiger partial charge in [-0.05, 0) is 121 Å². The molecule has 0 atom stereocenters. The molecule has 49 heavy (non-hydrogen) atoms. The SMILES string of the molecule is CCCCCCCCCCCCc1ccc(N(c2ccc(B3OC(C)(C)C(C)(C)O3)cc2)c2ccc(B3OC(C)(C)C(C)(C)O3)cc2)cc1. The summed E-state index contributed by atoms with van der Waals surface area (Å²) in [6, 6.07) is 26.3. The Balaban J connectivity index is 1.29. The van der Waals surface area contributed by atoms with E-state index >= 15 is 0 Å². The molecule has 5 nitrogen and oxygen atoms in total. The largest absolute Gasteiger partial charge is 0.494 e. The van der Waals surface area contributed by atoms with Crippen LogP contribution >= 0.6 is 0 Å². The van der Waals surface area contributed by atoms with E-state index in [4.69, 9.17) is 18.6 Å². The molecule has 2 fully saturated rings. The zero-order valence-electron chi connectivity index (χ0n) is 31.9. The standard InChI is InChI=1S/C42H61B2NO4/c1-10-11-12-13-14-15-16-17-18-19-20-33-21-27-36(28-22-33)45(37-29-23-34(24-30-37)43-46-39(2,3)40(4,5)47-43)38-31-25-35(26-32-38)44-48-41(6,7)42(8,9)49-44/h21-32H,10-20H2,1-9H3. The molecule has 0 unspecified atom stereocenters. The molecule has 2 heterocycles. The van der Waals surface area contributed by atoms with Crippen molar-refractivity contribution in [2.45, 2.75) is 155 Å². The van der Waals surface area contributed by atoms with Crippen molar-refractivity contribution < 1.29 is 18.6 Å². The fourth-order valence-corrected chi connectivity index (χ4v) is 6.59. The number of rotatable bonds is 16. The van der Waals surface area contributed by atoms with E-state index < -0.39 is 14.2 Å². The number of anilines is 3. The van der Waals surface area contributed by atoms with Crippen LogP contribution in [0.3, 0.4) is 0 Å². The molecule has 3 aromatic carbocycles. The fourth-order valence-electron chi connectivity index (χ4n) is 6.59. The highest BCUT2D eigenvalue weighted by Gasteiger charge is 2.52. The van der Waals surface area contributed by atoms with Crippen molar-refractivity contribution in [3.8, 4) is 0 Å². The first kappa shape index (κ1) is 37.7. The zero-order chi connectivity index (χ0) is 35.3. The molecule has 0 spiro atoms. The number of unbranched alkanes of at least 4 members (excludes halogenated alkanes) is 9. The molecular weight excluding hydrogens is 604 g/mol. The first-order chi connectivity index (χ1) is 23.2. The second-order valence-electron chi connectivity index (χ2n) is 16.3. The third-order valence-electron chi connectivity index (χ3n) is 11.4. The molecular formula is C42H61B2NO4. The van der Waals surface area contributed by atoms with E-state index in [0.717, 1.165) is 34.4 Å². The van der Waals surface area contributed by atoms with Crippen molar-refractivity contribution >= 4 is 42.2 Å². The van der Waals surface area contributed by atoms with Gasteiger partial charge in [-0.1, -0.05) is 101 Å².